The highest BCUT2D eigenvalue weighted by atomic mass is 16.7. The van der Waals surface area contributed by atoms with Gasteiger partial charge in [0.25, 0.3) is 0 Å². The molecule has 1 saturated carbocycles. The summed E-state index contributed by atoms with van der Waals surface area (Å²) >= 11 is 0. The minimum absolute atomic E-state index is 0.0269. The third kappa shape index (κ3) is 5.21. The summed E-state index contributed by atoms with van der Waals surface area (Å²) in [5.74, 6) is 1.50. The topological polar surface area (TPSA) is 46.2 Å². The maximum Gasteiger partial charge on any atom is 0.494 e. The van der Waals surface area contributed by atoms with E-state index in [1.165, 1.54) is 12.8 Å². The summed E-state index contributed by atoms with van der Waals surface area (Å²) in [7, 11) is -0.326. The SMILES string of the molecule is CC1(C)OB(c2ccc(OCC3CCC(OC4CCCCO4)CC3)cc2)OC1(C)C. The molecule has 6 heteroatoms. The molecule has 1 aromatic carbocycles. The average Bonchev–Trinajstić information content (AvgIpc) is 2.96. The molecule has 2 aliphatic heterocycles. The highest BCUT2D eigenvalue weighted by Gasteiger charge is 2.51. The van der Waals surface area contributed by atoms with Crippen LogP contribution in [0.5, 0.6) is 5.75 Å². The second-order valence-electron chi connectivity index (χ2n) is 10.0. The van der Waals surface area contributed by atoms with E-state index in [4.69, 9.17) is 23.5 Å². The maximum atomic E-state index is 6.15. The van der Waals surface area contributed by atoms with E-state index < -0.39 is 0 Å². The van der Waals surface area contributed by atoms with Gasteiger partial charge in [0.15, 0.2) is 6.29 Å². The van der Waals surface area contributed by atoms with Crippen molar-refractivity contribution in [3.63, 3.8) is 0 Å². The largest absolute Gasteiger partial charge is 0.494 e. The Morgan fingerprint density at radius 1 is 0.900 bits per heavy atom. The predicted octanol–water partition coefficient (Wildman–Crippen LogP) is 4.47. The lowest BCUT2D eigenvalue weighted by molar-refractivity contribution is -0.194. The lowest BCUT2D eigenvalue weighted by atomic mass is 9.79. The fraction of sp³-hybridized carbons (Fsp3) is 0.750. The molecule has 0 N–H and O–H groups in total. The number of ether oxygens (including phenoxy) is 3. The fourth-order valence-corrected chi connectivity index (χ4v) is 4.38. The van der Waals surface area contributed by atoms with Crippen molar-refractivity contribution in [2.45, 2.75) is 96.2 Å². The van der Waals surface area contributed by atoms with E-state index in [1.807, 2.05) is 24.3 Å². The Hall–Kier alpha value is -1.08. The molecule has 0 amide bonds. The van der Waals surface area contributed by atoms with Gasteiger partial charge in [-0.15, -0.1) is 0 Å². The van der Waals surface area contributed by atoms with Gasteiger partial charge in [0.05, 0.1) is 23.9 Å². The lowest BCUT2D eigenvalue weighted by Gasteiger charge is -2.32. The van der Waals surface area contributed by atoms with Crippen LogP contribution >= 0.6 is 0 Å². The van der Waals surface area contributed by atoms with Crippen LogP contribution in [0, 0.1) is 5.92 Å². The first kappa shape index (κ1) is 22.1. The third-order valence-corrected chi connectivity index (χ3v) is 7.17. The zero-order valence-corrected chi connectivity index (χ0v) is 19.0. The van der Waals surface area contributed by atoms with Crippen molar-refractivity contribution in [1.82, 2.24) is 0 Å². The minimum Gasteiger partial charge on any atom is -0.493 e. The highest BCUT2D eigenvalue weighted by Crippen LogP contribution is 2.36. The molecule has 1 atom stereocenters. The van der Waals surface area contributed by atoms with E-state index in [0.29, 0.717) is 12.0 Å². The molecule has 1 unspecified atom stereocenters. The Balaban J connectivity index is 1.20. The van der Waals surface area contributed by atoms with Gasteiger partial charge in [-0.3, -0.25) is 0 Å². The molecule has 1 aromatic rings. The number of benzene rings is 1. The van der Waals surface area contributed by atoms with Gasteiger partial charge < -0.3 is 23.5 Å². The van der Waals surface area contributed by atoms with Gasteiger partial charge in [-0.2, -0.15) is 0 Å². The van der Waals surface area contributed by atoms with E-state index in [1.54, 1.807) is 0 Å². The summed E-state index contributed by atoms with van der Waals surface area (Å²) in [4.78, 5) is 0. The maximum absolute atomic E-state index is 6.15. The normalized spacial score (nSPS) is 30.9. The Labute approximate surface area is 181 Å². The van der Waals surface area contributed by atoms with Crippen LogP contribution in [0.15, 0.2) is 24.3 Å². The molecule has 0 aromatic heterocycles. The van der Waals surface area contributed by atoms with Crippen LogP contribution in [0.4, 0.5) is 0 Å². The molecule has 30 heavy (non-hydrogen) atoms. The predicted molar refractivity (Wildman–Crippen MR) is 118 cm³/mol. The molecular weight excluding hydrogens is 379 g/mol. The van der Waals surface area contributed by atoms with Crippen LogP contribution in [0.3, 0.4) is 0 Å². The second kappa shape index (κ2) is 9.19. The molecule has 2 saturated heterocycles. The van der Waals surface area contributed by atoms with Crippen LogP contribution in [0.1, 0.15) is 72.6 Å². The second-order valence-corrected chi connectivity index (χ2v) is 10.0. The Morgan fingerprint density at radius 3 is 2.17 bits per heavy atom. The molecule has 0 spiro atoms. The zero-order valence-electron chi connectivity index (χ0n) is 19.0. The van der Waals surface area contributed by atoms with E-state index in [0.717, 1.165) is 56.5 Å². The van der Waals surface area contributed by atoms with Gasteiger partial charge in [-0.05, 0) is 96.2 Å². The summed E-state index contributed by atoms with van der Waals surface area (Å²) in [6.45, 7) is 9.92. The summed E-state index contributed by atoms with van der Waals surface area (Å²) in [6, 6.07) is 8.14. The molecule has 0 radical (unpaired) electrons. The van der Waals surface area contributed by atoms with Crippen LogP contribution in [-0.2, 0) is 18.8 Å². The van der Waals surface area contributed by atoms with Crippen molar-refractivity contribution >= 4 is 12.6 Å². The Kier molecular flexibility index (Phi) is 6.78. The molecule has 3 fully saturated rings. The van der Waals surface area contributed by atoms with Gasteiger partial charge in [0.1, 0.15) is 5.75 Å². The number of rotatable bonds is 6. The molecule has 5 nitrogen and oxygen atoms in total. The van der Waals surface area contributed by atoms with Crippen molar-refractivity contribution in [2.75, 3.05) is 13.2 Å². The van der Waals surface area contributed by atoms with Crippen LogP contribution in [-0.4, -0.2) is 43.9 Å². The number of hydrogen-bond donors (Lipinski definition) is 0. The van der Waals surface area contributed by atoms with Crippen molar-refractivity contribution in [2.24, 2.45) is 5.92 Å². The van der Waals surface area contributed by atoms with Crippen molar-refractivity contribution in [3.8, 4) is 5.75 Å². The lowest BCUT2D eigenvalue weighted by Crippen LogP contribution is -2.41. The third-order valence-electron chi connectivity index (χ3n) is 7.17. The first-order valence-electron chi connectivity index (χ1n) is 11.7. The summed E-state index contributed by atoms with van der Waals surface area (Å²) in [5, 5.41) is 0. The highest BCUT2D eigenvalue weighted by molar-refractivity contribution is 6.62. The van der Waals surface area contributed by atoms with Crippen LogP contribution < -0.4 is 10.2 Å². The zero-order chi connectivity index (χ0) is 21.2. The van der Waals surface area contributed by atoms with E-state index in [9.17, 15) is 0 Å². The van der Waals surface area contributed by atoms with Gasteiger partial charge in [0, 0.05) is 6.61 Å². The van der Waals surface area contributed by atoms with Crippen LogP contribution in [0.25, 0.3) is 0 Å². The fourth-order valence-electron chi connectivity index (χ4n) is 4.38. The first-order chi connectivity index (χ1) is 14.3. The van der Waals surface area contributed by atoms with Crippen LogP contribution in [0.2, 0.25) is 0 Å². The average molecular weight is 416 g/mol. The summed E-state index contributed by atoms with van der Waals surface area (Å²) in [6.07, 6.45) is 8.34. The van der Waals surface area contributed by atoms with Gasteiger partial charge in [0.2, 0.25) is 0 Å². The molecule has 0 bridgehead atoms. The summed E-state index contributed by atoms with van der Waals surface area (Å²) < 4.78 is 30.2. The summed E-state index contributed by atoms with van der Waals surface area (Å²) in [5.41, 5.74) is 0.389. The molecule has 166 valence electrons. The molecule has 4 rings (SSSR count). The van der Waals surface area contributed by atoms with Gasteiger partial charge in [-0.25, -0.2) is 0 Å². The molecule has 3 aliphatic rings. The standard InChI is InChI=1S/C24H37BO5/c1-23(2)24(3,4)30-25(29-23)19-10-14-20(15-11-19)27-17-18-8-12-21(13-9-18)28-22-7-5-6-16-26-22/h10-11,14-15,18,21-22H,5-9,12-13,16-17H2,1-4H3. The van der Waals surface area contributed by atoms with E-state index in [2.05, 4.69) is 27.7 Å². The van der Waals surface area contributed by atoms with E-state index in [-0.39, 0.29) is 24.6 Å². The smallest absolute Gasteiger partial charge is 0.493 e. The van der Waals surface area contributed by atoms with E-state index >= 15 is 0 Å². The first-order valence-corrected chi connectivity index (χ1v) is 11.7. The molecular formula is C24H37BO5. The number of hydrogen-bond acceptors (Lipinski definition) is 5. The van der Waals surface area contributed by atoms with Crippen molar-refractivity contribution < 1.29 is 23.5 Å². The van der Waals surface area contributed by atoms with Crippen molar-refractivity contribution in [3.05, 3.63) is 24.3 Å². The Bertz CT molecular complexity index is 659. The van der Waals surface area contributed by atoms with Gasteiger partial charge in [-0.1, -0.05) is 12.1 Å². The van der Waals surface area contributed by atoms with Gasteiger partial charge >= 0.3 is 7.12 Å². The monoisotopic (exact) mass is 416 g/mol. The molecule has 1 aliphatic carbocycles. The Morgan fingerprint density at radius 2 is 1.57 bits per heavy atom. The quantitative estimate of drug-likeness (QED) is 0.641. The van der Waals surface area contributed by atoms with Crippen molar-refractivity contribution in [1.29, 1.82) is 0 Å². The minimum atomic E-state index is -0.326. The molecule has 2 heterocycles.